The summed E-state index contributed by atoms with van der Waals surface area (Å²) >= 11 is 0. The molecular weight excluding hydrogens is 257 g/mol. The van der Waals surface area contributed by atoms with E-state index in [2.05, 4.69) is 0 Å². The van der Waals surface area contributed by atoms with Gasteiger partial charge in [0.05, 0.1) is 22.8 Å². The number of carboxylic acids is 1. The number of carbonyl (C=O) groups is 1. The van der Waals surface area contributed by atoms with Crippen LogP contribution in [0.1, 0.15) is 32.4 Å². The molecule has 6 heteroatoms. The second-order valence-electron chi connectivity index (χ2n) is 5.34. The maximum Gasteiger partial charge on any atom is 1.00 e. The summed E-state index contributed by atoms with van der Waals surface area (Å²) in [5.74, 6) is -1.17. The Morgan fingerprint density at radius 2 is 1.79 bits per heavy atom. The van der Waals surface area contributed by atoms with Gasteiger partial charge in [-0.1, -0.05) is 30.3 Å². The molecule has 1 aromatic rings. The molecule has 19 heavy (non-hydrogen) atoms. The zero-order valence-corrected chi connectivity index (χ0v) is 12.4. The molecule has 1 saturated heterocycles. The van der Waals surface area contributed by atoms with Crippen LogP contribution in [0.15, 0.2) is 30.3 Å². The first-order chi connectivity index (χ1) is 8.34. The molecule has 0 radical (unpaired) electrons. The van der Waals surface area contributed by atoms with E-state index in [9.17, 15) is 14.1 Å². The van der Waals surface area contributed by atoms with Crippen molar-refractivity contribution in [1.29, 1.82) is 0 Å². The van der Waals surface area contributed by atoms with E-state index in [1.807, 2.05) is 51.1 Å². The summed E-state index contributed by atoms with van der Waals surface area (Å²) in [7, 11) is -1.35. The van der Waals surface area contributed by atoms with Crippen LogP contribution in [0.4, 0.5) is 0 Å². The number of carbonyl (C=O) groups excluding carboxylic acids is 1. The summed E-state index contributed by atoms with van der Waals surface area (Å²) < 4.78 is 13.3. The smallest absolute Gasteiger partial charge is 0.548 e. The Kier molecular flexibility index (Phi) is 5.02. The van der Waals surface area contributed by atoms with Crippen LogP contribution in [-0.4, -0.2) is 25.3 Å². The molecule has 1 aliphatic heterocycles. The third-order valence-electron chi connectivity index (χ3n) is 2.86. The average molecular weight is 273 g/mol. The van der Waals surface area contributed by atoms with Gasteiger partial charge < -0.3 is 9.90 Å². The SMILES string of the molecule is CC(C)(C)[S@](=O)N1[C@H](C(=O)[O-])[C@@H]1c1ccccc1.[Li+]. The van der Waals surface area contributed by atoms with Crippen LogP contribution >= 0.6 is 0 Å². The Labute approximate surface area is 128 Å². The Hall–Kier alpha value is -0.603. The van der Waals surface area contributed by atoms with Crippen LogP contribution in [0.2, 0.25) is 0 Å². The molecule has 1 fully saturated rings. The minimum Gasteiger partial charge on any atom is -0.548 e. The maximum absolute atomic E-state index is 12.3. The molecule has 1 aliphatic rings. The molecule has 0 aromatic heterocycles. The van der Waals surface area contributed by atoms with Crippen molar-refractivity contribution in [3.8, 4) is 0 Å². The fourth-order valence-electron chi connectivity index (χ4n) is 1.95. The average Bonchev–Trinajstić information content (AvgIpc) is 3.03. The molecule has 1 aromatic carbocycles. The van der Waals surface area contributed by atoms with E-state index in [0.29, 0.717) is 0 Å². The van der Waals surface area contributed by atoms with Gasteiger partial charge in [0, 0.05) is 0 Å². The number of hydrogen-bond acceptors (Lipinski definition) is 3. The van der Waals surface area contributed by atoms with Gasteiger partial charge in [-0.15, -0.1) is 0 Å². The number of benzene rings is 1. The maximum atomic E-state index is 12.3. The molecule has 0 bridgehead atoms. The van der Waals surface area contributed by atoms with Crippen LogP contribution in [0, 0.1) is 0 Å². The Morgan fingerprint density at radius 1 is 1.26 bits per heavy atom. The van der Waals surface area contributed by atoms with E-state index in [0.717, 1.165) is 5.56 Å². The molecule has 1 unspecified atom stereocenters. The van der Waals surface area contributed by atoms with Gasteiger partial charge in [-0.2, -0.15) is 0 Å². The molecule has 2 rings (SSSR count). The predicted octanol–water partition coefficient (Wildman–Crippen LogP) is -2.37. The van der Waals surface area contributed by atoms with Crippen LogP contribution in [0.25, 0.3) is 0 Å². The van der Waals surface area contributed by atoms with Crippen molar-refractivity contribution in [2.75, 3.05) is 0 Å². The number of rotatable bonds is 3. The third-order valence-corrected chi connectivity index (χ3v) is 4.74. The fourth-order valence-corrected chi connectivity index (χ4v) is 3.38. The topological polar surface area (TPSA) is 60.2 Å². The number of aliphatic carboxylic acids is 1. The van der Waals surface area contributed by atoms with E-state index >= 15 is 0 Å². The monoisotopic (exact) mass is 273 g/mol. The van der Waals surface area contributed by atoms with Crippen molar-refractivity contribution >= 4 is 17.0 Å². The van der Waals surface area contributed by atoms with Gasteiger partial charge >= 0.3 is 18.9 Å². The summed E-state index contributed by atoms with van der Waals surface area (Å²) in [6.07, 6.45) is 0. The largest absolute Gasteiger partial charge is 1.00 e. The summed E-state index contributed by atoms with van der Waals surface area (Å²) in [6.45, 7) is 5.49. The minimum atomic E-state index is -1.35. The first kappa shape index (κ1) is 16.5. The normalized spacial score (nSPS) is 27.2. The molecule has 4 nitrogen and oxygen atoms in total. The molecule has 98 valence electrons. The van der Waals surface area contributed by atoms with E-state index in [4.69, 9.17) is 0 Å². The van der Waals surface area contributed by atoms with Crippen molar-refractivity contribution in [1.82, 2.24) is 4.31 Å². The summed E-state index contributed by atoms with van der Waals surface area (Å²) in [6, 6.07) is 8.13. The summed E-state index contributed by atoms with van der Waals surface area (Å²) in [5.41, 5.74) is 0.865. The molecular formula is C13H16LiNO3S. The predicted molar refractivity (Wildman–Crippen MR) is 67.7 cm³/mol. The molecule has 0 aliphatic carbocycles. The Bertz CT molecular complexity index is 486. The molecule has 0 saturated carbocycles. The van der Waals surface area contributed by atoms with E-state index in [1.165, 1.54) is 4.31 Å². The van der Waals surface area contributed by atoms with Crippen molar-refractivity contribution in [2.45, 2.75) is 37.6 Å². The van der Waals surface area contributed by atoms with Crippen molar-refractivity contribution in [3.05, 3.63) is 35.9 Å². The standard InChI is InChI=1S/C13H17NO3S.Li/c1-13(2,3)18(17)14-10(11(14)12(15)16)9-7-5-4-6-8-9;/h4-8,10-11H,1-3H3,(H,15,16);/q;+1/p-1/t10-,11-,14?,18-;/m0./s1. The zero-order chi connectivity index (χ0) is 13.5. The minimum absolute atomic E-state index is 0. The van der Waals surface area contributed by atoms with Gasteiger partial charge in [-0.25, -0.2) is 8.51 Å². The van der Waals surface area contributed by atoms with Crippen LogP contribution < -0.4 is 24.0 Å². The first-order valence-corrected chi connectivity index (χ1v) is 6.91. The number of hydrogen-bond donors (Lipinski definition) is 0. The van der Waals surface area contributed by atoms with Crippen molar-refractivity contribution in [2.24, 2.45) is 0 Å². The number of carboxylic acid groups (broad SMARTS) is 1. The van der Waals surface area contributed by atoms with Crippen LogP contribution in [0.3, 0.4) is 0 Å². The number of nitrogens with zero attached hydrogens (tertiary/aromatic N) is 1. The fraction of sp³-hybridized carbons (Fsp3) is 0.462. The van der Waals surface area contributed by atoms with E-state index < -0.39 is 27.7 Å². The van der Waals surface area contributed by atoms with Crippen LogP contribution in [-0.2, 0) is 15.8 Å². The van der Waals surface area contributed by atoms with Gasteiger partial charge in [-0.3, -0.25) is 0 Å². The molecule has 1 heterocycles. The summed E-state index contributed by atoms with van der Waals surface area (Å²) in [5, 5.41) is 11.1. The Balaban J connectivity index is 0.00000180. The van der Waals surface area contributed by atoms with Crippen molar-refractivity contribution in [3.63, 3.8) is 0 Å². The van der Waals surface area contributed by atoms with Gasteiger partial charge in [-0.05, 0) is 26.3 Å². The third kappa shape index (κ3) is 3.29. The molecule has 0 N–H and O–H groups in total. The van der Waals surface area contributed by atoms with Gasteiger partial charge in [0.2, 0.25) is 0 Å². The molecule has 0 spiro atoms. The zero-order valence-electron chi connectivity index (χ0n) is 11.6. The van der Waals surface area contributed by atoms with E-state index in [1.54, 1.807) is 0 Å². The van der Waals surface area contributed by atoms with Gasteiger partial charge in [0.15, 0.2) is 0 Å². The van der Waals surface area contributed by atoms with Gasteiger partial charge in [0.1, 0.15) is 11.0 Å². The van der Waals surface area contributed by atoms with E-state index in [-0.39, 0.29) is 24.9 Å². The molecule has 4 atom stereocenters. The van der Waals surface area contributed by atoms with Crippen molar-refractivity contribution < 1.29 is 33.0 Å². The Morgan fingerprint density at radius 3 is 2.21 bits per heavy atom. The summed E-state index contributed by atoms with van der Waals surface area (Å²) in [4.78, 5) is 11.1. The second kappa shape index (κ2) is 5.80. The first-order valence-electron chi connectivity index (χ1n) is 5.80. The van der Waals surface area contributed by atoms with Crippen LogP contribution in [0.5, 0.6) is 0 Å². The van der Waals surface area contributed by atoms with Gasteiger partial charge in [0.25, 0.3) is 0 Å². The second-order valence-corrected chi connectivity index (χ2v) is 7.49. The quantitative estimate of drug-likeness (QED) is 0.457. The molecule has 0 amide bonds.